The van der Waals surface area contributed by atoms with Crippen LogP contribution in [0.1, 0.15) is 58.7 Å². The Bertz CT molecular complexity index is 1040. The number of aromatic nitrogens is 1. The lowest BCUT2D eigenvalue weighted by molar-refractivity contribution is -0.286. The van der Waals surface area contributed by atoms with E-state index in [-0.39, 0.29) is 24.5 Å². The molecule has 2 aliphatic heterocycles. The van der Waals surface area contributed by atoms with E-state index in [0.717, 1.165) is 10.5 Å². The summed E-state index contributed by atoms with van der Waals surface area (Å²) in [5.41, 5.74) is 1.28. The summed E-state index contributed by atoms with van der Waals surface area (Å²) in [6.07, 6.45) is -1.77. The van der Waals surface area contributed by atoms with Crippen LogP contribution < -0.4 is 14.8 Å². The van der Waals surface area contributed by atoms with Gasteiger partial charge < -0.3 is 19.3 Å². The Labute approximate surface area is 215 Å². The highest BCUT2D eigenvalue weighted by Crippen LogP contribution is 2.42. The molecule has 37 heavy (non-hydrogen) atoms. The minimum Gasteiger partial charge on any atom is -0.464 e. The lowest BCUT2D eigenvalue weighted by atomic mass is 9.82. The Balaban J connectivity index is 0.00000115. The average molecular weight is 524 g/mol. The number of hydrogen-bond acceptors (Lipinski definition) is 8. The lowest BCUT2D eigenvalue weighted by Crippen LogP contribution is -2.70. The number of aliphatic hydroxyl groups is 1. The number of aliphatic hydroxyl groups excluding tert-OH is 1. The summed E-state index contributed by atoms with van der Waals surface area (Å²) < 4.78 is 40.5. The van der Waals surface area contributed by atoms with Gasteiger partial charge in [0.15, 0.2) is 17.9 Å². The number of hydrogen-bond donors (Lipinski definition) is 2. The van der Waals surface area contributed by atoms with E-state index >= 15 is 0 Å². The molecule has 1 fully saturated rings. The molecule has 0 radical (unpaired) electrons. The number of nitrogens with zero attached hydrogens (tertiary/aromatic N) is 2. The van der Waals surface area contributed by atoms with Crippen molar-refractivity contribution in [1.82, 2.24) is 15.2 Å². The SMILES string of the molecule is CC.CC.CCOC(=O)C1[C@@H](Cc2cccnc2)C(=O)N1C(O)NC(C)c1ccc2c(c1)OC(F)(F)O2. The number of amides is 1. The van der Waals surface area contributed by atoms with E-state index in [1.807, 2.05) is 27.7 Å². The maximum absolute atomic E-state index is 13.3. The zero-order valence-corrected chi connectivity index (χ0v) is 21.9. The van der Waals surface area contributed by atoms with Gasteiger partial charge in [0.25, 0.3) is 0 Å². The highest BCUT2D eigenvalue weighted by Gasteiger charge is 2.54. The van der Waals surface area contributed by atoms with Gasteiger partial charge >= 0.3 is 12.3 Å². The predicted molar refractivity (Wildman–Crippen MR) is 132 cm³/mol. The number of nitrogens with one attached hydrogen (secondary N) is 1. The van der Waals surface area contributed by atoms with Crippen LogP contribution in [0.3, 0.4) is 0 Å². The Kier molecular flexibility index (Phi) is 10.8. The molecule has 9 nitrogen and oxygen atoms in total. The van der Waals surface area contributed by atoms with Crippen molar-refractivity contribution in [2.45, 2.75) is 72.7 Å². The first-order chi connectivity index (χ1) is 17.7. The molecule has 2 N–H and O–H groups in total. The molecule has 3 heterocycles. The first kappa shape index (κ1) is 29.9. The number of carbonyl (C=O) groups excluding carboxylic acids is 2. The van der Waals surface area contributed by atoms with Crippen molar-refractivity contribution in [1.29, 1.82) is 0 Å². The topological polar surface area (TPSA) is 110 Å². The number of β-lactam (4-membered cyclic amide) rings is 1. The summed E-state index contributed by atoms with van der Waals surface area (Å²) in [6.45, 7) is 11.4. The summed E-state index contributed by atoms with van der Waals surface area (Å²) in [7, 11) is 0. The van der Waals surface area contributed by atoms with Crippen LogP contribution in [0.15, 0.2) is 42.7 Å². The molecule has 204 valence electrons. The molecule has 1 aromatic carbocycles. The Morgan fingerprint density at radius 2 is 1.89 bits per heavy atom. The summed E-state index contributed by atoms with van der Waals surface area (Å²) >= 11 is 0. The van der Waals surface area contributed by atoms with Crippen LogP contribution in [0, 0.1) is 5.92 Å². The van der Waals surface area contributed by atoms with Gasteiger partial charge in [-0.1, -0.05) is 39.8 Å². The Hall–Kier alpha value is -3.31. The molecule has 3 unspecified atom stereocenters. The quantitative estimate of drug-likeness (QED) is 0.303. The van der Waals surface area contributed by atoms with Gasteiger partial charge in [0.05, 0.1) is 12.5 Å². The number of pyridine rings is 1. The smallest absolute Gasteiger partial charge is 0.464 e. The van der Waals surface area contributed by atoms with Crippen molar-refractivity contribution in [3.05, 3.63) is 53.9 Å². The molecule has 1 aromatic heterocycles. The van der Waals surface area contributed by atoms with Crippen molar-refractivity contribution in [2.75, 3.05) is 6.61 Å². The van der Waals surface area contributed by atoms with Crippen LogP contribution in [0.25, 0.3) is 0 Å². The maximum atomic E-state index is 13.3. The molecular formula is C26H35F2N3O6. The molecule has 11 heteroatoms. The summed E-state index contributed by atoms with van der Waals surface area (Å²) in [6, 6.07) is 6.17. The number of alkyl halides is 2. The molecular weight excluding hydrogens is 488 g/mol. The van der Waals surface area contributed by atoms with Crippen molar-refractivity contribution in [3.8, 4) is 11.5 Å². The third-order valence-electron chi connectivity index (χ3n) is 5.55. The van der Waals surface area contributed by atoms with Gasteiger partial charge in [-0.25, -0.2) is 4.79 Å². The predicted octanol–water partition coefficient (Wildman–Crippen LogP) is 4.01. The number of likely N-dealkylation sites (tertiary alicyclic amines) is 1. The van der Waals surface area contributed by atoms with Crippen LogP contribution in [0.5, 0.6) is 11.5 Å². The number of rotatable bonds is 8. The van der Waals surface area contributed by atoms with Crippen molar-refractivity contribution in [3.63, 3.8) is 0 Å². The number of benzene rings is 1. The maximum Gasteiger partial charge on any atom is 0.586 e. The first-order valence-corrected chi connectivity index (χ1v) is 12.4. The first-order valence-electron chi connectivity index (χ1n) is 12.4. The van der Waals surface area contributed by atoms with E-state index in [2.05, 4.69) is 19.8 Å². The second kappa shape index (κ2) is 13.3. The summed E-state index contributed by atoms with van der Waals surface area (Å²) in [5.74, 6) is -1.98. The van der Waals surface area contributed by atoms with E-state index < -0.39 is 42.5 Å². The normalized spacial score (nSPS) is 20.4. The van der Waals surface area contributed by atoms with Gasteiger partial charge in [-0.05, 0) is 49.6 Å². The van der Waals surface area contributed by atoms with Gasteiger partial charge in [0, 0.05) is 18.4 Å². The van der Waals surface area contributed by atoms with Gasteiger partial charge in [-0.15, -0.1) is 8.78 Å². The minimum absolute atomic E-state index is 0.102. The molecule has 4 rings (SSSR count). The Morgan fingerprint density at radius 1 is 1.22 bits per heavy atom. The van der Waals surface area contributed by atoms with Crippen LogP contribution >= 0.6 is 0 Å². The zero-order valence-electron chi connectivity index (χ0n) is 21.9. The Morgan fingerprint density at radius 3 is 2.51 bits per heavy atom. The number of fused-ring (bicyclic) bond motifs is 1. The van der Waals surface area contributed by atoms with Gasteiger partial charge in [-0.3, -0.25) is 20.0 Å². The van der Waals surface area contributed by atoms with E-state index in [4.69, 9.17) is 4.74 Å². The molecule has 0 spiro atoms. The second-order valence-electron chi connectivity index (χ2n) is 7.75. The molecule has 0 aliphatic carbocycles. The van der Waals surface area contributed by atoms with Gasteiger partial charge in [0.1, 0.15) is 6.04 Å². The summed E-state index contributed by atoms with van der Waals surface area (Å²) in [4.78, 5) is 30.5. The minimum atomic E-state index is -3.74. The van der Waals surface area contributed by atoms with E-state index in [1.54, 1.807) is 38.4 Å². The number of halogens is 2. The van der Waals surface area contributed by atoms with E-state index in [0.29, 0.717) is 5.56 Å². The van der Waals surface area contributed by atoms with E-state index in [1.165, 1.54) is 18.2 Å². The zero-order chi connectivity index (χ0) is 27.8. The lowest BCUT2D eigenvalue weighted by Gasteiger charge is -2.48. The molecule has 4 atom stereocenters. The number of carbonyl (C=O) groups is 2. The van der Waals surface area contributed by atoms with Crippen LogP contribution in [0.4, 0.5) is 8.78 Å². The number of esters is 1. The highest BCUT2D eigenvalue weighted by atomic mass is 19.3. The molecule has 2 aliphatic rings. The summed E-state index contributed by atoms with van der Waals surface area (Å²) in [5, 5.41) is 13.5. The van der Waals surface area contributed by atoms with Crippen LogP contribution in [-0.4, -0.2) is 52.2 Å². The van der Waals surface area contributed by atoms with Crippen LogP contribution in [0.2, 0.25) is 0 Å². The molecule has 1 saturated heterocycles. The fourth-order valence-corrected chi connectivity index (χ4v) is 3.96. The third kappa shape index (κ3) is 6.92. The van der Waals surface area contributed by atoms with Gasteiger partial charge in [0.2, 0.25) is 5.91 Å². The molecule has 0 bridgehead atoms. The van der Waals surface area contributed by atoms with Crippen molar-refractivity contribution < 1.29 is 37.7 Å². The fraction of sp³-hybridized carbons (Fsp3) is 0.500. The second-order valence-corrected chi connectivity index (χ2v) is 7.75. The molecule has 2 aromatic rings. The standard InChI is InChI=1S/C22H23F2N3O6.2C2H6/c1-3-31-20(29)18-15(9-13-5-4-8-25-11-13)19(28)27(18)21(30)26-12(2)14-6-7-16-17(10-14)33-22(23,24)32-16;2*1-2/h4-8,10-12,15,18,21,26,30H,3,9H2,1-2H3;2*1-2H3/t12?,15-,18?,21?;;/m1../s1. The highest BCUT2D eigenvalue weighted by molar-refractivity contribution is 5.97. The van der Waals surface area contributed by atoms with Crippen molar-refractivity contribution in [2.24, 2.45) is 5.92 Å². The van der Waals surface area contributed by atoms with Crippen molar-refractivity contribution >= 4 is 11.9 Å². The molecule has 0 saturated carbocycles. The monoisotopic (exact) mass is 523 g/mol. The van der Waals surface area contributed by atoms with Gasteiger partial charge in [-0.2, -0.15) is 0 Å². The largest absolute Gasteiger partial charge is 0.586 e. The fourth-order valence-electron chi connectivity index (χ4n) is 3.96. The van der Waals surface area contributed by atoms with Crippen LogP contribution in [-0.2, 0) is 20.7 Å². The third-order valence-corrected chi connectivity index (χ3v) is 5.55. The van der Waals surface area contributed by atoms with E-state index in [9.17, 15) is 23.5 Å². The number of ether oxygens (including phenoxy) is 3. The average Bonchev–Trinajstić information content (AvgIpc) is 3.21. The molecule has 1 amide bonds.